The monoisotopic (exact) mass is 318 g/mol. The van der Waals surface area contributed by atoms with Crippen LogP contribution in [0.25, 0.3) is 0 Å². The lowest BCUT2D eigenvalue weighted by atomic mass is 10.1. The van der Waals surface area contributed by atoms with Crippen LogP contribution in [0.3, 0.4) is 0 Å². The zero-order chi connectivity index (χ0) is 16.7. The SMILES string of the molecule is CNCC1CCN(C(=O)CCCOc2cccc(C(C)=O)c2)C1. The summed E-state index contributed by atoms with van der Waals surface area (Å²) in [5.41, 5.74) is 0.645. The standard InChI is InChI=1S/C18H26N2O3/c1-14(21)16-5-3-6-17(11-16)23-10-4-7-18(22)20-9-8-15(13-20)12-19-2/h3,5-6,11,15,19H,4,7-10,12-13H2,1-2H3. The molecule has 1 fully saturated rings. The molecule has 1 heterocycles. The second-order valence-corrected chi connectivity index (χ2v) is 6.09. The van der Waals surface area contributed by atoms with Crippen LogP contribution in [0.1, 0.15) is 36.5 Å². The maximum absolute atomic E-state index is 12.2. The fourth-order valence-corrected chi connectivity index (χ4v) is 2.89. The number of amides is 1. The molecule has 0 spiro atoms. The summed E-state index contributed by atoms with van der Waals surface area (Å²) >= 11 is 0. The van der Waals surface area contributed by atoms with Crippen LogP contribution in [0.15, 0.2) is 24.3 Å². The molecule has 1 aromatic rings. The molecule has 1 unspecified atom stereocenters. The van der Waals surface area contributed by atoms with Crippen LogP contribution in [-0.4, -0.2) is 49.9 Å². The largest absolute Gasteiger partial charge is 0.494 e. The van der Waals surface area contributed by atoms with Crippen LogP contribution in [-0.2, 0) is 4.79 Å². The van der Waals surface area contributed by atoms with Gasteiger partial charge in [0.1, 0.15) is 5.75 Å². The van der Waals surface area contributed by atoms with E-state index < -0.39 is 0 Å². The number of benzene rings is 1. The lowest BCUT2D eigenvalue weighted by Crippen LogP contribution is -2.30. The molecule has 1 aliphatic heterocycles. The summed E-state index contributed by atoms with van der Waals surface area (Å²) < 4.78 is 5.64. The summed E-state index contributed by atoms with van der Waals surface area (Å²) in [6.45, 7) is 4.73. The number of carbonyl (C=O) groups excluding carboxylic acids is 2. The second kappa shape index (κ2) is 8.67. The fraction of sp³-hybridized carbons (Fsp3) is 0.556. The number of ether oxygens (including phenoxy) is 1. The molecule has 5 nitrogen and oxygen atoms in total. The fourth-order valence-electron chi connectivity index (χ4n) is 2.89. The first-order valence-electron chi connectivity index (χ1n) is 8.26. The van der Waals surface area contributed by atoms with E-state index in [1.807, 2.05) is 24.1 Å². The van der Waals surface area contributed by atoms with Crippen LogP contribution in [0.5, 0.6) is 5.75 Å². The summed E-state index contributed by atoms with van der Waals surface area (Å²) in [4.78, 5) is 25.4. The first-order valence-corrected chi connectivity index (χ1v) is 8.26. The molecule has 1 N–H and O–H groups in total. The van der Waals surface area contributed by atoms with Crippen LogP contribution in [0, 0.1) is 5.92 Å². The molecule has 1 atom stereocenters. The van der Waals surface area contributed by atoms with Crippen LogP contribution in [0.4, 0.5) is 0 Å². The zero-order valence-electron chi connectivity index (χ0n) is 14.0. The number of nitrogens with zero attached hydrogens (tertiary/aromatic N) is 1. The van der Waals surface area contributed by atoms with Gasteiger partial charge in [0.15, 0.2) is 5.78 Å². The van der Waals surface area contributed by atoms with Gasteiger partial charge in [-0.15, -0.1) is 0 Å². The Labute approximate surface area is 138 Å². The van der Waals surface area contributed by atoms with E-state index >= 15 is 0 Å². The number of likely N-dealkylation sites (tertiary alicyclic amines) is 1. The Morgan fingerprint density at radius 1 is 1.39 bits per heavy atom. The average Bonchev–Trinajstić information content (AvgIpc) is 3.01. The van der Waals surface area contributed by atoms with Gasteiger partial charge in [-0.05, 0) is 51.4 Å². The van der Waals surface area contributed by atoms with Gasteiger partial charge in [-0.25, -0.2) is 0 Å². The van der Waals surface area contributed by atoms with E-state index in [4.69, 9.17) is 4.74 Å². The lowest BCUT2D eigenvalue weighted by Gasteiger charge is -2.16. The van der Waals surface area contributed by atoms with E-state index in [-0.39, 0.29) is 11.7 Å². The number of Topliss-reactive ketones (excluding diaryl/α,β-unsaturated/α-hetero) is 1. The highest BCUT2D eigenvalue weighted by Crippen LogP contribution is 2.17. The molecule has 126 valence electrons. The van der Waals surface area contributed by atoms with Crippen molar-refractivity contribution in [1.82, 2.24) is 10.2 Å². The Kier molecular flexibility index (Phi) is 6.59. The Balaban J connectivity index is 1.68. The molecule has 23 heavy (non-hydrogen) atoms. The number of ketones is 1. The molecule has 0 aliphatic carbocycles. The zero-order valence-corrected chi connectivity index (χ0v) is 14.0. The first kappa shape index (κ1) is 17.5. The van der Waals surface area contributed by atoms with Crippen molar-refractivity contribution in [3.05, 3.63) is 29.8 Å². The Morgan fingerprint density at radius 2 is 2.22 bits per heavy atom. The molecular weight excluding hydrogens is 292 g/mol. The van der Waals surface area contributed by atoms with Gasteiger partial charge in [-0.2, -0.15) is 0 Å². The predicted octanol–water partition coefficient (Wildman–Crippen LogP) is 2.12. The molecular formula is C18H26N2O3. The highest BCUT2D eigenvalue weighted by molar-refractivity contribution is 5.94. The molecule has 1 aliphatic rings. The lowest BCUT2D eigenvalue weighted by molar-refractivity contribution is -0.130. The van der Waals surface area contributed by atoms with Crippen molar-refractivity contribution in [1.29, 1.82) is 0 Å². The van der Waals surface area contributed by atoms with Crippen molar-refractivity contribution >= 4 is 11.7 Å². The Morgan fingerprint density at radius 3 is 2.96 bits per heavy atom. The number of carbonyl (C=O) groups is 2. The summed E-state index contributed by atoms with van der Waals surface area (Å²) in [7, 11) is 1.95. The third kappa shape index (κ3) is 5.36. The van der Waals surface area contributed by atoms with Crippen molar-refractivity contribution in [2.24, 2.45) is 5.92 Å². The van der Waals surface area contributed by atoms with Gasteiger partial charge in [0.05, 0.1) is 6.61 Å². The molecule has 1 saturated heterocycles. The van der Waals surface area contributed by atoms with Gasteiger partial charge in [0.25, 0.3) is 0 Å². The molecule has 5 heteroatoms. The van der Waals surface area contributed by atoms with Crippen molar-refractivity contribution < 1.29 is 14.3 Å². The minimum atomic E-state index is 0.0239. The highest BCUT2D eigenvalue weighted by atomic mass is 16.5. The van der Waals surface area contributed by atoms with E-state index in [1.54, 1.807) is 12.1 Å². The van der Waals surface area contributed by atoms with Gasteiger partial charge < -0.3 is 15.0 Å². The van der Waals surface area contributed by atoms with E-state index in [0.29, 0.717) is 36.7 Å². The molecule has 0 aromatic heterocycles. The minimum Gasteiger partial charge on any atom is -0.494 e. The van der Waals surface area contributed by atoms with E-state index in [1.165, 1.54) is 6.92 Å². The molecule has 0 saturated carbocycles. The Bertz CT molecular complexity index is 545. The summed E-state index contributed by atoms with van der Waals surface area (Å²) in [5, 5.41) is 3.17. The van der Waals surface area contributed by atoms with Crippen LogP contribution < -0.4 is 10.1 Å². The predicted molar refractivity (Wildman–Crippen MR) is 89.8 cm³/mol. The van der Waals surface area contributed by atoms with Crippen molar-refractivity contribution in [3.63, 3.8) is 0 Å². The summed E-state index contributed by atoms with van der Waals surface area (Å²) in [6.07, 6.45) is 2.29. The molecule has 1 amide bonds. The van der Waals surface area contributed by atoms with Gasteiger partial charge in [-0.1, -0.05) is 12.1 Å². The summed E-state index contributed by atoms with van der Waals surface area (Å²) in [5.74, 6) is 1.50. The van der Waals surface area contributed by atoms with Gasteiger partial charge in [0, 0.05) is 25.1 Å². The van der Waals surface area contributed by atoms with Crippen molar-refractivity contribution in [2.75, 3.05) is 33.3 Å². The third-order valence-corrected chi connectivity index (χ3v) is 4.18. The number of hydrogen-bond donors (Lipinski definition) is 1. The van der Waals surface area contributed by atoms with Crippen molar-refractivity contribution in [3.8, 4) is 5.75 Å². The first-order chi connectivity index (χ1) is 11.1. The molecule has 1 aromatic carbocycles. The number of hydrogen-bond acceptors (Lipinski definition) is 4. The maximum atomic E-state index is 12.2. The smallest absolute Gasteiger partial charge is 0.222 e. The van der Waals surface area contributed by atoms with E-state index in [2.05, 4.69) is 5.32 Å². The van der Waals surface area contributed by atoms with Crippen molar-refractivity contribution in [2.45, 2.75) is 26.2 Å². The second-order valence-electron chi connectivity index (χ2n) is 6.09. The third-order valence-electron chi connectivity index (χ3n) is 4.18. The van der Waals surface area contributed by atoms with Gasteiger partial charge in [-0.3, -0.25) is 9.59 Å². The minimum absolute atomic E-state index is 0.0239. The molecule has 0 radical (unpaired) electrons. The molecule has 0 bridgehead atoms. The highest BCUT2D eigenvalue weighted by Gasteiger charge is 2.25. The maximum Gasteiger partial charge on any atom is 0.222 e. The van der Waals surface area contributed by atoms with Crippen LogP contribution in [0.2, 0.25) is 0 Å². The normalized spacial score (nSPS) is 17.3. The number of rotatable bonds is 8. The van der Waals surface area contributed by atoms with Gasteiger partial charge in [0.2, 0.25) is 5.91 Å². The number of nitrogens with one attached hydrogen (secondary N) is 1. The summed E-state index contributed by atoms with van der Waals surface area (Å²) in [6, 6.07) is 7.15. The van der Waals surface area contributed by atoms with Crippen LogP contribution >= 0.6 is 0 Å². The van der Waals surface area contributed by atoms with E-state index in [9.17, 15) is 9.59 Å². The van der Waals surface area contributed by atoms with E-state index in [0.717, 1.165) is 26.1 Å². The molecule has 2 rings (SSSR count). The quantitative estimate of drug-likeness (QED) is 0.589. The van der Waals surface area contributed by atoms with Gasteiger partial charge >= 0.3 is 0 Å². The topological polar surface area (TPSA) is 58.6 Å². The average molecular weight is 318 g/mol. The Hall–Kier alpha value is -1.88.